The summed E-state index contributed by atoms with van der Waals surface area (Å²) in [5.41, 5.74) is -4.27. The number of ether oxygens (including phenoxy) is 1. The molecule has 2 N–H and O–H groups in total. The van der Waals surface area contributed by atoms with Crippen LogP contribution < -0.4 is 0 Å². The first-order chi connectivity index (χ1) is 13.5. The maximum Gasteiger partial charge on any atom is 0.190 e. The number of allylic oxidation sites excluding steroid dienone is 4. The van der Waals surface area contributed by atoms with Crippen LogP contribution >= 0.6 is 0 Å². The van der Waals surface area contributed by atoms with Crippen LogP contribution in [-0.2, 0) is 14.3 Å². The van der Waals surface area contributed by atoms with Crippen molar-refractivity contribution >= 4 is 11.6 Å². The van der Waals surface area contributed by atoms with Crippen molar-refractivity contribution in [3.8, 4) is 0 Å². The number of carbonyl (C=O) groups excluding carboxylic acids is 2. The Kier molecular flexibility index (Phi) is 4.55. The van der Waals surface area contributed by atoms with E-state index < -0.39 is 46.5 Å². The van der Waals surface area contributed by atoms with E-state index in [4.69, 9.17) is 4.74 Å². The Labute approximate surface area is 171 Å². The highest BCUT2D eigenvalue weighted by atomic mass is 19.1. The monoisotopic (exact) mass is 406 g/mol. The van der Waals surface area contributed by atoms with Gasteiger partial charge >= 0.3 is 0 Å². The van der Waals surface area contributed by atoms with E-state index in [0.29, 0.717) is 19.3 Å². The molecule has 3 saturated carbocycles. The second kappa shape index (κ2) is 6.32. The summed E-state index contributed by atoms with van der Waals surface area (Å²) in [5.74, 6) is -1.39. The van der Waals surface area contributed by atoms with Gasteiger partial charge in [-0.05, 0) is 56.6 Å². The van der Waals surface area contributed by atoms with Crippen LogP contribution in [0.2, 0.25) is 0 Å². The molecule has 160 valence electrons. The van der Waals surface area contributed by atoms with E-state index in [1.54, 1.807) is 13.0 Å². The van der Waals surface area contributed by atoms with Gasteiger partial charge in [-0.25, -0.2) is 4.39 Å². The summed E-state index contributed by atoms with van der Waals surface area (Å²) in [6.45, 7) is 4.97. The van der Waals surface area contributed by atoms with Gasteiger partial charge in [0.15, 0.2) is 17.2 Å². The zero-order valence-corrected chi connectivity index (χ0v) is 17.6. The number of carbonyl (C=O) groups is 2. The molecule has 4 rings (SSSR count). The summed E-state index contributed by atoms with van der Waals surface area (Å²) in [4.78, 5) is 24.8. The zero-order chi connectivity index (χ0) is 21.4. The molecule has 29 heavy (non-hydrogen) atoms. The highest BCUT2D eigenvalue weighted by Crippen LogP contribution is 2.71. The van der Waals surface area contributed by atoms with Crippen molar-refractivity contribution in [2.45, 2.75) is 63.8 Å². The molecule has 0 aromatic rings. The fraction of sp³-hybridized carbons (Fsp3) is 0.739. The summed E-state index contributed by atoms with van der Waals surface area (Å²) >= 11 is 0. The number of hydrogen-bond donors (Lipinski definition) is 2. The molecule has 0 aliphatic heterocycles. The van der Waals surface area contributed by atoms with E-state index in [-0.39, 0.29) is 24.0 Å². The number of rotatable bonds is 3. The summed E-state index contributed by atoms with van der Waals surface area (Å²) < 4.78 is 22.8. The molecule has 3 fully saturated rings. The number of alkyl halides is 1. The lowest BCUT2D eigenvalue weighted by Crippen LogP contribution is -2.69. The minimum atomic E-state index is -1.93. The highest BCUT2D eigenvalue weighted by Gasteiger charge is 2.76. The van der Waals surface area contributed by atoms with Crippen molar-refractivity contribution < 1.29 is 28.9 Å². The molecule has 0 bridgehead atoms. The van der Waals surface area contributed by atoms with Gasteiger partial charge in [0.1, 0.15) is 12.2 Å². The van der Waals surface area contributed by atoms with E-state index in [2.05, 4.69) is 0 Å². The van der Waals surface area contributed by atoms with Gasteiger partial charge in [0.05, 0.1) is 6.10 Å². The SMILES string of the molecule is CO[C@]1(C(=O)CO)[C@H](C)C[C@H]2[C@@H]3CCC4=CC(=O)C=C[C@]4(C)[C@@]3(F)[C@@H](O)C[C@@]21C. The highest BCUT2D eigenvalue weighted by molar-refractivity contribution is 6.01. The second-order valence-corrected chi connectivity index (χ2v) is 9.92. The Morgan fingerprint density at radius 1 is 1.34 bits per heavy atom. The third kappa shape index (κ3) is 2.20. The fourth-order valence-corrected chi connectivity index (χ4v) is 7.79. The number of ketones is 2. The van der Waals surface area contributed by atoms with Crippen LogP contribution in [-0.4, -0.2) is 52.9 Å². The number of Topliss-reactive ketones (excluding diaryl/α,β-unsaturated/α-hetero) is 1. The van der Waals surface area contributed by atoms with Crippen LogP contribution in [0.5, 0.6) is 0 Å². The molecule has 0 spiro atoms. The molecule has 0 aromatic carbocycles. The van der Waals surface area contributed by atoms with Gasteiger partial charge in [-0.15, -0.1) is 0 Å². The fourth-order valence-electron chi connectivity index (χ4n) is 7.79. The maximum absolute atomic E-state index is 17.0. The first-order valence-electron chi connectivity index (χ1n) is 10.5. The summed E-state index contributed by atoms with van der Waals surface area (Å²) in [6, 6.07) is 0. The quantitative estimate of drug-likeness (QED) is 0.753. The molecule has 0 radical (unpaired) electrons. The largest absolute Gasteiger partial charge is 0.390 e. The first kappa shape index (κ1) is 20.9. The van der Waals surface area contributed by atoms with E-state index in [9.17, 15) is 19.8 Å². The minimum absolute atomic E-state index is 0.0687. The van der Waals surface area contributed by atoms with Crippen LogP contribution in [0.1, 0.15) is 46.5 Å². The van der Waals surface area contributed by atoms with E-state index >= 15 is 4.39 Å². The molecule has 4 aliphatic carbocycles. The second-order valence-electron chi connectivity index (χ2n) is 9.92. The van der Waals surface area contributed by atoms with E-state index in [1.165, 1.54) is 19.3 Å². The van der Waals surface area contributed by atoms with Gasteiger partial charge in [0, 0.05) is 23.9 Å². The number of hydrogen-bond acceptors (Lipinski definition) is 5. The maximum atomic E-state index is 17.0. The predicted octanol–water partition coefficient (Wildman–Crippen LogP) is 2.55. The van der Waals surface area contributed by atoms with Gasteiger partial charge < -0.3 is 14.9 Å². The van der Waals surface area contributed by atoms with E-state index in [1.807, 2.05) is 13.8 Å². The molecule has 0 heterocycles. The topological polar surface area (TPSA) is 83.8 Å². The van der Waals surface area contributed by atoms with Crippen molar-refractivity contribution in [1.82, 2.24) is 0 Å². The molecule has 4 aliphatic rings. The molecule has 5 nitrogen and oxygen atoms in total. The Hall–Kier alpha value is -1.37. The molecule has 8 atom stereocenters. The molecule has 0 unspecified atom stereocenters. The third-order valence-corrected chi connectivity index (χ3v) is 9.06. The third-order valence-electron chi connectivity index (χ3n) is 9.06. The van der Waals surface area contributed by atoms with Gasteiger partial charge in [-0.2, -0.15) is 0 Å². The molecule has 0 saturated heterocycles. The molecule has 0 amide bonds. The van der Waals surface area contributed by atoms with Crippen LogP contribution in [0.4, 0.5) is 4.39 Å². The van der Waals surface area contributed by atoms with Crippen molar-refractivity contribution in [3.63, 3.8) is 0 Å². The molecular formula is C23H31FO5. The van der Waals surface area contributed by atoms with Crippen LogP contribution in [0.25, 0.3) is 0 Å². The Morgan fingerprint density at radius 3 is 2.66 bits per heavy atom. The average Bonchev–Trinajstić information content (AvgIpc) is 2.90. The van der Waals surface area contributed by atoms with Crippen LogP contribution in [0.3, 0.4) is 0 Å². The number of halogens is 1. The first-order valence-corrected chi connectivity index (χ1v) is 10.5. The van der Waals surface area contributed by atoms with E-state index in [0.717, 1.165) is 5.57 Å². The Balaban J connectivity index is 1.85. The van der Waals surface area contributed by atoms with Crippen molar-refractivity contribution in [2.24, 2.45) is 28.6 Å². The smallest absolute Gasteiger partial charge is 0.190 e. The van der Waals surface area contributed by atoms with Crippen molar-refractivity contribution in [2.75, 3.05) is 13.7 Å². The summed E-state index contributed by atoms with van der Waals surface area (Å²) in [5, 5.41) is 20.9. The number of methoxy groups -OCH3 is 1. The van der Waals surface area contributed by atoms with Gasteiger partial charge in [0.2, 0.25) is 0 Å². The van der Waals surface area contributed by atoms with Crippen molar-refractivity contribution in [1.29, 1.82) is 0 Å². The number of aliphatic hydroxyl groups is 2. The normalized spacial score (nSPS) is 51.1. The lowest BCUT2D eigenvalue weighted by atomic mass is 9.44. The number of aliphatic hydroxyl groups excluding tert-OH is 2. The average molecular weight is 406 g/mol. The predicted molar refractivity (Wildman–Crippen MR) is 105 cm³/mol. The minimum Gasteiger partial charge on any atom is -0.390 e. The van der Waals surface area contributed by atoms with Crippen LogP contribution in [0, 0.1) is 28.6 Å². The molecule has 0 aromatic heterocycles. The Bertz CT molecular complexity index is 820. The lowest BCUT2D eigenvalue weighted by Gasteiger charge is -2.63. The van der Waals surface area contributed by atoms with Gasteiger partial charge in [-0.3, -0.25) is 9.59 Å². The van der Waals surface area contributed by atoms with Crippen LogP contribution in [0.15, 0.2) is 23.8 Å². The lowest BCUT2D eigenvalue weighted by molar-refractivity contribution is -0.224. The number of fused-ring (bicyclic) bond motifs is 5. The van der Waals surface area contributed by atoms with Gasteiger partial charge in [0.25, 0.3) is 0 Å². The molecule has 6 heteroatoms. The Morgan fingerprint density at radius 2 is 2.03 bits per heavy atom. The molecular weight excluding hydrogens is 375 g/mol. The summed E-state index contributed by atoms with van der Waals surface area (Å²) in [7, 11) is 1.47. The standard InChI is InChI=1S/C23H31FO5/c1-13-9-17-16-6-5-14-10-15(26)7-8-20(14,2)22(16,24)18(27)11-21(17,3)23(13,29-4)19(28)12-25/h7-8,10,13,16-18,25,27H,5-6,9,11-12H2,1-4H3/t13-,16+,17+,18+,20+,21+,22+,23+/m1/s1. The van der Waals surface area contributed by atoms with Crippen molar-refractivity contribution in [3.05, 3.63) is 23.8 Å². The summed E-state index contributed by atoms with van der Waals surface area (Å²) in [6.07, 6.45) is 5.00. The zero-order valence-electron chi connectivity index (χ0n) is 17.6. The van der Waals surface area contributed by atoms with Gasteiger partial charge in [-0.1, -0.05) is 25.5 Å².